The molecule has 0 aromatic carbocycles. The Morgan fingerprint density at radius 1 is 1.15 bits per heavy atom. The lowest BCUT2D eigenvalue weighted by molar-refractivity contribution is -0.200. The number of hydrogen-bond acceptors (Lipinski definition) is 4. The minimum absolute atomic E-state index is 0.269. The molecule has 4 nitrogen and oxygen atoms in total. The van der Waals surface area contributed by atoms with Crippen LogP contribution in [0.3, 0.4) is 0 Å². The second-order valence-corrected chi connectivity index (χ2v) is 11.4. The van der Waals surface area contributed by atoms with E-state index in [0.717, 1.165) is 18.5 Å². The highest BCUT2D eigenvalue weighted by molar-refractivity contribution is 5.26. The molecule has 3 aliphatic carbocycles. The van der Waals surface area contributed by atoms with Crippen LogP contribution in [0.5, 0.6) is 0 Å². The van der Waals surface area contributed by atoms with Gasteiger partial charge in [-0.25, -0.2) is 0 Å². The molecule has 188 valence electrons. The first-order valence-electron chi connectivity index (χ1n) is 12.7. The lowest BCUT2D eigenvalue weighted by atomic mass is 9.61. The predicted octanol–water partition coefficient (Wildman–Crippen LogP) is 4.86. The zero-order chi connectivity index (χ0) is 23.8. The number of allylic oxidation sites excluding steroid dienone is 3. The van der Waals surface area contributed by atoms with Gasteiger partial charge in [0, 0.05) is 19.6 Å². The quantitative estimate of drug-likeness (QED) is 0.581. The van der Waals surface area contributed by atoms with Crippen molar-refractivity contribution in [1.29, 1.82) is 0 Å². The van der Waals surface area contributed by atoms with Crippen molar-refractivity contribution in [2.24, 2.45) is 23.2 Å². The van der Waals surface area contributed by atoms with Gasteiger partial charge in [-0.15, -0.1) is 0 Å². The molecule has 4 aliphatic rings. The number of alkyl halides is 3. The average molecular weight is 472 g/mol. The molecule has 0 radical (unpaired) electrons. The molecule has 3 saturated carbocycles. The summed E-state index contributed by atoms with van der Waals surface area (Å²) in [6.45, 7) is 5.75. The fourth-order valence-electron chi connectivity index (χ4n) is 7.27. The number of ether oxygens (including phenoxy) is 1. The highest BCUT2D eigenvalue weighted by Crippen LogP contribution is 2.59. The molecular weight excluding hydrogens is 431 g/mol. The lowest BCUT2D eigenvalue weighted by Crippen LogP contribution is -2.55. The summed E-state index contributed by atoms with van der Waals surface area (Å²) in [6.07, 6.45) is 6.76. The molecule has 2 N–H and O–H groups in total. The highest BCUT2D eigenvalue weighted by Gasteiger charge is 2.51. The molecule has 1 aliphatic heterocycles. The molecule has 0 aromatic rings. The van der Waals surface area contributed by atoms with E-state index in [0.29, 0.717) is 50.1 Å². The smallest absolute Gasteiger partial charge is 0.393 e. The summed E-state index contributed by atoms with van der Waals surface area (Å²) >= 11 is 0. The first-order valence-corrected chi connectivity index (χ1v) is 12.7. The molecule has 1 saturated heterocycles. The molecule has 0 aromatic heterocycles. The average Bonchev–Trinajstić information content (AvgIpc) is 3.04. The minimum Gasteiger partial charge on any atom is -0.393 e. The van der Waals surface area contributed by atoms with E-state index in [-0.39, 0.29) is 11.5 Å². The molecule has 0 bridgehead atoms. The summed E-state index contributed by atoms with van der Waals surface area (Å²) in [5.74, 6) is 1.70. The number of hydrogen-bond donors (Lipinski definition) is 2. The van der Waals surface area contributed by atoms with Gasteiger partial charge in [0.1, 0.15) is 6.61 Å². The molecular formula is C26H40F3NO3. The SMILES string of the molecule is CC(CN1CC(OCC(F)(F)F)C1)[C@H]1CC[C@H]2/C(=C/C=C3C[C@@H](O)C[C@H](O)C3)CCC[C@]12C. The minimum atomic E-state index is -4.25. The largest absolute Gasteiger partial charge is 0.411 e. The van der Waals surface area contributed by atoms with Crippen LogP contribution in [0, 0.1) is 23.2 Å². The molecule has 1 heterocycles. The number of nitrogens with zero attached hydrogens (tertiary/aromatic N) is 1. The van der Waals surface area contributed by atoms with E-state index in [4.69, 9.17) is 4.74 Å². The van der Waals surface area contributed by atoms with Gasteiger partial charge < -0.3 is 14.9 Å². The van der Waals surface area contributed by atoms with Crippen LogP contribution in [0.25, 0.3) is 0 Å². The van der Waals surface area contributed by atoms with Crippen LogP contribution in [0.1, 0.15) is 65.2 Å². The zero-order valence-corrected chi connectivity index (χ0v) is 20.0. The summed E-state index contributed by atoms with van der Waals surface area (Å²) in [5, 5.41) is 19.9. The second kappa shape index (κ2) is 10.00. The van der Waals surface area contributed by atoms with Gasteiger partial charge in [-0.05, 0) is 74.5 Å². The van der Waals surface area contributed by atoms with Gasteiger partial charge in [-0.1, -0.05) is 37.1 Å². The van der Waals surface area contributed by atoms with Crippen LogP contribution in [0.15, 0.2) is 23.3 Å². The Bertz CT molecular complexity index is 734. The van der Waals surface area contributed by atoms with Crippen molar-refractivity contribution < 1.29 is 28.1 Å². The van der Waals surface area contributed by atoms with Crippen molar-refractivity contribution in [2.45, 2.75) is 89.7 Å². The van der Waals surface area contributed by atoms with Gasteiger partial charge in [0.2, 0.25) is 0 Å². The Hall–Kier alpha value is -0.890. The monoisotopic (exact) mass is 471 g/mol. The van der Waals surface area contributed by atoms with Crippen LogP contribution in [-0.2, 0) is 4.74 Å². The van der Waals surface area contributed by atoms with Crippen molar-refractivity contribution in [3.05, 3.63) is 23.3 Å². The topological polar surface area (TPSA) is 52.9 Å². The molecule has 6 atom stereocenters. The zero-order valence-electron chi connectivity index (χ0n) is 20.0. The van der Waals surface area contributed by atoms with E-state index >= 15 is 0 Å². The fourth-order valence-corrected chi connectivity index (χ4v) is 7.27. The molecule has 1 unspecified atom stereocenters. The fraction of sp³-hybridized carbons (Fsp3) is 0.846. The van der Waals surface area contributed by atoms with Crippen LogP contribution in [-0.4, -0.2) is 65.8 Å². The number of likely N-dealkylation sites (tertiary alicyclic amines) is 1. The Morgan fingerprint density at radius 3 is 2.52 bits per heavy atom. The summed E-state index contributed by atoms with van der Waals surface area (Å²) in [5.41, 5.74) is 2.93. The Labute approximate surface area is 195 Å². The highest BCUT2D eigenvalue weighted by atomic mass is 19.4. The van der Waals surface area contributed by atoms with Gasteiger partial charge >= 0.3 is 6.18 Å². The first kappa shape index (κ1) is 25.2. The summed E-state index contributed by atoms with van der Waals surface area (Å²) in [7, 11) is 0. The predicted molar refractivity (Wildman–Crippen MR) is 122 cm³/mol. The maximum absolute atomic E-state index is 12.3. The third-order valence-electron chi connectivity index (χ3n) is 8.75. The van der Waals surface area contributed by atoms with Gasteiger partial charge in [-0.3, -0.25) is 4.90 Å². The van der Waals surface area contributed by atoms with E-state index in [1.165, 1.54) is 31.3 Å². The van der Waals surface area contributed by atoms with Crippen LogP contribution < -0.4 is 0 Å². The summed E-state index contributed by atoms with van der Waals surface area (Å²) in [6, 6.07) is 0. The van der Waals surface area contributed by atoms with Crippen LogP contribution in [0.2, 0.25) is 0 Å². The van der Waals surface area contributed by atoms with Crippen molar-refractivity contribution in [2.75, 3.05) is 26.2 Å². The normalized spacial score (nSPS) is 38.3. The van der Waals surface area contributed by atoms with Crippen LogP contribution >= 0.6 is 0 Å². The van der Waals surface area contributed by atoms with E-state index in [1.54, 1.807) is 0 Å². The van der Waals surface area contributed by atoms with Gasteiger partial charge in [-0.2, -0.15) is 13.2 Å². The number of rotatable bonds is 6. The first-order chi connectivity index (χ1) is 15.5. The Morgan fingerprint density at radius 2 is 1.85 bits per heavy atom. The summed E-state index contributed by atoms with van der Waals surface area (Å²) < 4.78 is 42.0. The molecule has 0 spiro atoms. The standard InChI is InChI=1S/C26H40F3NO3/c1-17(13-30-14-22(15-30)33-16-26(27,28)29)23-7-8-24-19(4-3-9-25(23,24)2)6-5-18-10-20(31)12-21(32)11-18/h5-6,17,20-24,31-32H,3-4,7-16H2,1-2H3/b19-6+/t17?,20-,21-,23-,24+,25-/m1/s1. The molecule has 0 amide bonds. The van der Waals surface area contributed by atoms with Gasteiger partial charge in [0.05, 0.1) is 18.3 Å². The Kier molecular flexibility index (Phi) is 7.64. The van der Waals surface area contributed by atoms with E-state index < -0.39 is 25.0 Å². The number of fused-ring (bicyclic) bond motifs is 1. The maximum Gasteiger partial charge on any atom is 0.411 e. The second-order valence-electron chi connectivity index (χ2n) is 11.4. The van der Waals surface area contributed by atoms with E-state index in [1.807, 2.05) is 0 Å². The third kappa shape index (κ3) is 6.03. The number of halogens is 3. The van der Waals surface area contributed by atoms with Gasteiger partial charge in [0.25, 0.3) is 0 Å². The molecule has 4 rings (SSSR count). The summed E-state index contributed by atoms with van der Waals surface area (Å²) in [4.78, 5) is 2.24. The van der Waals surface area contributed by atoms with Crippen molar-refractivity contribution in [3.8, 4) is 0 Å². The van der Waals surface area contributed by atoms with E-state index in [2.05, 4.69) is 30.9 Å². The number of aliphatic hydroxyl groups excluding tert-OH is 2. The van der Waals surface area contributed by atoms with Crippen molar-refractivity contribution >= 4 is 0 Å². The van der Waals surface area contributed by atoms with Crippen molar-refractivity contribution in [3.63, 3.8) is 0 Å². The number of aliphatic hydroxyl groups is 2. The lowest BCUT2D eigenvalue weighted by Gasteiger charge is -2.47. The van der Waals surface area contributed by atoms with Gasteiger partial charge in [0.15, 0.2) is 0 Å². The molecule has 4 fully saturated rings. The Balaban J connectivity index is 1.33. The van der Waals surface area contributed by atoms with E-state index in [9.17, 15) is 23.4 Å². The third-order valence-corrected chi connectivity index (χ3v) is 8.75. The van der Waals surface area contributed by atoms with Crippen LogP contribution in [0.4, 0.5) is 13.2 Å². The molecule has 7 heteroatoms. The molecule has 33 heavy (non-hydrogen) atoms. The maximum atomic E-state index is 12.3. The van der Waals surface area contributed by atoms with Crippen molar-refractivity contribution in [1.82, 2.24) is 4.90 Å².